The van der Waals surface area contributed by atoms with E-state index in [1.54, 1.807) is 0 Å². The van der Waals surface area contributed by atoms with Crippen LogP contribution in [0.15, 0.2) is 0 Å². The number of rotatable bonds is 2. The number of nitrogens with zero attached hydrogens (tertiary/aromatic N) is 1. The lowest BCUT2D eigenvalue weighted by molar-refractivity contribution is -0.143. The standard InChI is InChI=1S/C7H15NO3Si/c1-12(2)8-4-3-5(9)6(8)7(10)11/h5-6,9,12H,3-4H2,1-2H3,(H,10,11)/t5?,6-/m0/s1. The highest BCUT2D eigenvalue weighted by Gasteiger charge is 2.39. The maximum Gasteiger partial charge on any atom is 0.322 e. The minimum absolute atomic E-state index is 0.599. The molecule has 0 aliphatic carbocycles. The molecule has 1 unspecified atom stereocenters. The third kappa shape index (κ3) is 1.68. The molecular weight excluding hydrogens is 174 g/mol. The van der Waals surface area contributed by atoms with E-state index < -0.39 is 27.1 Å². The molecule has 1 saturated heterocycles. The highest BCUT2D eigenvalue weighted by atomic mass is 28.3. The largest absolute Gasteiger partial charge is 0.480 e. The highest BCUT2D eigenvalue weighted by Crippen LogP contribution is 2.19. The van der Waals surface area contributed by atoms with Crippen molar-refractivity contribution in [3.05, 3.63) is 0 Å². The zero-order valence-corrected chi connectivity index (χ0v) is 8.55. The van der Waals surface area contributed by atoms with Crippen molar-refractivity contribution in [3.8, 4) is 0 Å². The summed E-state index contributed by atoms with van der Waals surface area (Å²) >= 11 is 0. The molecule has 0 saturated carbocycles. The summed E-state index contributed by atoms with van der Waals surface area (Å²) < 4.78 is 1.95. The molecule has 4 nitrogen and oxygen atoms in total. The Labute approximate surface area is 73.5 Å². The van der Waals surface area contributed by atoms with Gasteiger partial charge in [0.05, 0.1) is 6.10 Å². The van der Waals surface area contributed by atoms with Crippen molar-refractivity contribution in [3.63, 3.8) is 0 Å². The molecule has 2 N–H and O–H groups in total. The number of aliphatic carboxylic acids is 1. The van der Waals surface area contributed by atoms with Gasteiger partial charge in [0.25, 0.3) is 0 Å². The first-order valence-electron chi connectivity index (χ1n) is 4.20. The number of carbonyl (C=O) groups is 1. The molecule has 1 heterocycles. The molecule has 0 radical (unpaired) electrons. The number of hydrogen-bond acceptors (Lipinski definition) is 3. The van der Waals surface area contributed by atoms with Crippen LogP contribution in [-0.4, -0.2) is 48.4 Å². The molecule has 1 fully saturated rings. The Balaban J connectivity index is 2.70. The fourth-order valence-electron chi connectivity index (χ4n) is 1.69. The van der Waals surface area contributed by atoms with Crippen LogP contribution in [0.4, 0.5) is 0 Å². The van der Waals surface area contributed by atoms with Gasteiger partial charge in [0.15, 0.2) is 0 Å². The minimum Gasteiger partial charge on any atom is -0.480 e. The van der Waals surface area contributed by atoms with E-state index in [9.17, 15) is 9.90 Å². The van der Waals surface area contributed by atoms with Crippen molar-refractivity contribution in [2.24, 2.45) is 0 Å². The Morgan fingerprint density at radius 2 is 2.17 bits per heavy atom. The van der Waals surface area contributed by atoms with Crippen LogP contribution >= 0.6 is 0 Å². The van der Waals surface area contributed by atoms with Gasteiger partial charge in [-0.2, -0.15) is 0 Å². The Kier molecular flexibility index (Phi) is 2.87. The second kappa shape index (κ2) is 3.55. The van der Waals surface area contributed by atoms with Crippen LogP contribution in [0.3, 0.4) is 0 Å². The van der Waals surface area contributed by atoms with Crippen molar-refractivity contribution < 1.29 is 15.0 Å². The van der Waals surface area contributed by atoms with Gasteiger partial charge >= 0.3 is 5.97 Å². The van der Waals surface area contributed by atoms with E-state index in [1.807, 2.05) is 4.57 Å². The van der Waals surface area contributed by atoms with Gasteiger partial charge in [-0.15, -0.1) is 0 Å². The van der Waals surface area contributed by atoms with Crippen molar-refractivity contribution in [1.82, 2.24) is 4.57 Å². The Bertz CT molecular complexity index is 185. The van der Waals surface area contributed by atoms with E-state index in [4.69, 9.17) is 5.11 Å². The van der Waals surface area contributed by atoms with Crippen LogP contribution in [0.2, 0.25) is 13.1 Å². The molecule has 0 bridgehead atoms. The van der Waals surface area contributed by atoms with Crippen LogP contribution in [-0.2, 0) is 4.79 Å². The molecule has 1 rings (SSSR count). The summed E-state index contributed by atoms with van der Waals surface area (Å²) in [5.41, 5.74) is 0. The van der Waals surface area contributed by atoms with Gasteiger partial charge in [0, 0.05) is 0 Å². The van der Waals surface area contributed by atoms with Crippen LogP contribution in [0, 0.1) is 0 Å². The van der Waals surface area contributed by atoms with Crippen LogP contribution in [0.1, 0.15) is 6.42 Å². The van der Waals surface area contributed by atoms with Crippen molar-refractivity contribution in [2.75, 3.05) is 6.54 Å². The quantitative estimate of drug-likeness (QED) is 0.574. The zero-order valence-electron chi connectivity index (χ0n) is 7.40. The summed E-state index contributed by atoms with van der Waals surface area (Å²) in [5, 5.41) is 18.2. The number of carboxylic acid groups (broad SMARTS) is 1. The van der Waals surface area contributed by atoms with Crippen molar-refractivity contribution in [2.45, 2.75) is 31.7 Å². The average molecular weight is 189 g/mol. The van der Waals surface area contributed by atoms with Gasteiger partial charge in [-0.25, -0.2) is 0 Å². The monoisotopic (exact) mass is 189 g/mol. The zero-order chi connectivity index (χ0) is 9.30. The van der Waals surface area contributed by atoms with Gasteiger partial charge in [-0.3, -0.25) is 4.79 Å². The fraction of sp³-hybridized carbons (Fsp3) is 0.857. The van der Waals surface area contributed by atoms with Crippen molar-refractivity contribution in [1.29, 1.82) is 0 Å². The molecule has 1 aliphatic heterocycles. The molecular formula is C7H15NO3Si. The SMILES string of the molecule is C[SiH](C)N1CCC(O)[C@H]1C(=O)O. The van der Waals surface area contributed by atoms with E-state index in [0.29, 0.717) is 6.42 Å². The summed E-state index contributed by atoms with van der Waals surface area (Å²) in [6.45, 7) is 4.89. The summed E-state index contributed by atoms with van der Waals surface area (Å²) in [6.07, 6.45) is -0.0697. The van der Waals surface area contributed by atoms with Gasteiger partial charge in [-0.1, -0.05) is 13.1 Å². The van der Waals surface area contributed by atoms with E-state index in [-0.39, 0.29) is 0 Å². The summed E-state index contributed by atoms with van der Waals surface area (Å²) in [7, 11) is -1.08. The summed E-state index contributed by atoms with van der Waals surface area (Å²) in [6, 6.07) is -0.642. The van der Waals surface area contributed by atoms with Gasteiger partial charge in [0.1, 0.15) is 15.0 Å². The predicted molar refractivity (Wildman–Crippen MR) is 47.6 cm³/mol. The maximum absolute atomic E-state index is 10.7. The smallest absolute Gasteiger partial charge is 0.322 e. The van der Waals surface area contributed by atoms with E-state index in [1.165, 1.54) is 0 Å². The second-order valence-electron chi connectivity index (χ2n) is 3.47. The third-order valence-corrected chi connectivity index (χ3v) is 4.23. The lowest BCUT2D eigenvalue weighted by Gasteiger charge is -2.25. The lowest BCUT2D eigenvalue weighted by atomic mass is 10.2. The lowest BCUT2D eigenvalue weighted by Crippen LogP contribution is -2.47. The number of carboxylic acids is 1. The van der Waals surface area contributed by atoms with E-state index in [2.05, 4.69) is 13.1 Å². The topological polar surface area (TPSA) is 60.8 Å². The second-order valence-corrected chi connectivity index (χ2v) is 6.32. The first-order chi connectivity index (χ1) is 5.54. The molecule has 2 atom stereocenters. The summed E-state index contributed by atoms with van der Waals surface area (Å²) in [5.74, 6) is -0.888. The van der Waals surface area contributed by atoms with Crippen molar-refractivity contribution >= 4 is 14.9 Å². The Morgan fingerprint density at radius 3 is 2.50 bits per heavy atom. The van der Waals surface area contributed by atoms with Gasteiger partial charge < -0.3 is 14.8 Å². The Hall–Kier alpha value is -0.393. The average Bonchev–Trinajstić information content (AvgIpc) is 2.30. The number of aliphatic hydroxyl groups excluding tert-OH is 1. The van der Waals surface area contributed by atoms with E-state index >= 15 is 0 Å². The minimum atomic E-state index is -1.08. The van der Waals surface area contributed by atoms with Gasteiger partial charge in [0.2, 0.25) is 0 Å². The van der Waals surface area contributed by atoms with Crippen LogP contribution < -0.4 is 0 Å². The Morgan fingerprint density at radius 1 is 1.58 bits per heavy atom. The predicted octanol–water partition coefficient (Wildman–Crippen LogP) is -0.510. The van der Waals surface area contributed by atoms with E-state index in [0.717, 1.165) is 6.54 Å². The van der Waals surface area contributed by atoms with Crippen LogP contribution in [0.5, 0.6) is 0 Å². The van der Waals surface area contributed by atoms with Gasteiger partial charge in [-0.05, 0) is 13.0 Å². The maximum atomic E-state index is 10.7. The molecule has 0 aromatic carbocycles. The molecule has 0 aromatic heterocycles. The number of aliphatic hydroxyl groups is 1. The molecule has 0 aromatic rings. The molecule has 0 amide bonds. The molecule has 12 heavy (non-hydrogen) atoms. The highest BCUT2D eigenvalue weighted by molar-refractivity contribution is 6.53. The number of hydrogen-bond donors (Lipinski definition) is 2. The molecule has 70 valence electrons. The molecule has 0 spiro atoms. The molecule has 5 heteroatoms. The first kappa shape index (κ1) is 9.69. The van der Waals surface area contributed by atoms with Crippen LogP contribution in [0.25, 0.3) is 0 Å². The summed E-state index contributed by atoms with van der Waals surface area (Å²) in [4.78, 5) is 10.7. The normalized spacial score (nSPS) is 31.3. The first-order valence-corrected chi connectivity index (χ1v) is 7.03. The fourth-order valence-corrected chi connectivity index (χ4v) is 3.32. The molecule has 1 aliphatic rings. The third-order valence-electron chi connectivity index (χ3n) is 2.32.